The fourth-order valence-corrected chi connectivity index (χ4v) is 1.57. The van der Waals surface area contributed by atoms with E-state index in [0.717, 1.165) is 16.9 Å². The number of hydrogen-bond acceptors (Lipinski definition) is 3. The van der Waals surface area contributed by atoms with E-state index in [9.17, 15) is 0 Å². The Morgan fingerprint density at radius 1 is 1.38 bits per heavy atom. The van der Waals surface area contributed by atoms with Crippen molar-refractivity contribution in [3.8, 4) is 11.3 Å². The summed E-state index contributed by atoms with van der Waals surface area (Å²) in [6.07, 6.45) is 1.69. The van der Waals surface area contributed by atoms with Crippen LogP contribution in [-0.4, -0.2) is 17.5 Å². The third kappa shape index (κ3) is 5.58. The molecule has 3 N–H and O–H groups in total. The monoisotopic (exact) mass is 398 g/mol. The molecule has 5 nitrogen and oxygen atoms in total. The summed E-state index contributed by atoms with van der Waals surface area (Å²) in [5, 5.41) is 2.95. The zero-order chi connectivity index (χ0) is 14.4. The van der Waals surface area contributed by atoms with Crippen LogP contribution in [0.1, 0.15) is 12.8 Å². The van der Waals surface area contributed by atoms with Gasteiger partial charge in [-0.25, -0.2) is 9.98 Å². The molecule has 0 aliphatic heterocycles. The second-order valence-electron chi connectivity index (χ2n) is 4.50. The smallest absolute Gasteiger partial charge is 0.216 e. The molecular weight excluding hydrogens is 379 g/mol. The highest BCUT2D eigenvalue weighted by Gasteiger charge is 2.05. The van der Waals surface area contributed by atoms with Gasteiger partial charge in [0.15, 0.2) is 11.7 Å². The van der Waals surface area contributed by atoms with Gasteiger partial charge in [-0.15, -0.1) is 24.0 Å². The molecule has 2 rings (SSSR count). The number of nitrogens with one attached hydrogen (secondary N) is 1. The Labute approximate surface area is 141 Å². The first-order valence-electron chi connectivity index (χ1n) is 6.33. The molecule has 0 saturated carbocycles. The summed E-state index contributed by atoms with van der Waals surface area (Å²) in [4.78, 5) is 8.34. The van der Waals surface area contributed by atoms with Crippen molar-refractivity contribution in [3.05, 3.63) is 54.6 Å². The average molecular weight is 398 g/mol. The van der Waals surface area contributed by atoms with Gasteiger partial charge in [-0.05, 0) is 6.92 Å². The van der Waals surface area contributed by atoms with Gasteiger partial charge in [-0.2, -0.15) is 0 Å². The quantitative estimate of drug-likeness (QED) is 0.352. The van der Waals surface area contributed by atoms with Crippen LogP contribution in [0.2, 0.25) is 0 Å². The van der Waals surface area contributed by atoms with Gasteiger partial charge in [0.2, 0.25) is 5.89 Å². The van der Waals surface area contributed by atoms with Crippen LogP contribution in [0.5, 0.6) is 0 Å². The van der Waals surface area contributed by atoms with Gasteiger partial charge < -0.3 is 15.5 Å². The number of rotatable bonds is 5. The van der Waals surface area contributed by atoms with Crippen molar-refractivity contribution in [2.45, 2.75) is 13.5 Å². The van der Waals surface area contributed by atoms with Crippen LogP contribution in [-0.2, 0) is 6.54 Å². The topological polar surface area (TPSA) is 76.4 Å². The van der Waals surface area contributed by atoms with Crippen molar-refractivity contribution in [2.24, 2.45) is 10.7 Å². The molecule has 0 atom stereocenters. The molecule has 112 valence electrons. The Morgan fingerprint density at radius 3 is 2.76 bits per heavy atom. The lowest BCUT2D eigenvalue weighted by Crippen LogP contribution is -2.32. The molecule has 1 aromatic carbocycles. The van der Waals surface area contributed by atoms with Crippen LogP contribution >= 0.6 is 24.0 Å². The van der Waals surface area contributed by atoms with E-state index in [-0.39, 0.29) is 24.0 Å². The first-order valence-corrected chi connectivity index (χ1v) is 6.33. The highest BCUT2D eigenvalue weighted by molar-refractivity contribution is 14.0. The van der Waals surface area contributed by atoms with E-state index in [1.54, 1.807) is 6.20 Å². The fraction of sp³-hybridized carbons (Fsp3) is 0.200. The molecule has 0 aliphatic rings. The second-order valence-corrected chi connectivity index (χ2v) is 4.50. The minimum Gasteiger partial charge on any atom is -0.439 e. The highest BCUT2D eigenvalue weighted by Crippen LogP contribution is 2.19. The summed E-state index contributed by atoms with van der Waals surface area (Å²) in [5.74, 6) is 1.61. The minimum atomic E-state index is 0. The maximum atomic E-state index is 5.72. The summed E-state index contributed by atoms with van der Waals surface area (Å²) >= 11 is 0. The Kier molecular flexibility index (Phi) is 6.93. The number of aliphatic imine (C=N–C) groups is 1. The SMILES string of the molecule is C=C(C)CNC(N)=NCc1ncc(-c2ccccc2)o1.I. The van der Waals surface area contributed by atoms with Gasteiger partial charge in [0.05, 0.1) is 6.20 Å². The number of hydrogen-bond donors (Lipinski definition) is 2. The Balaban J connectivity index is 0.00000220. The van der Waals surface area contributed by atoms with Gasteiger partial charge in [-0.1, -0.05) is 42.5 Å². The molecule has 0 aliphatic carbocycles. The second kappa shape index (κ2) is 8.46. The molecule has 0 saturated heterocycles. The predicted molar refractivity (Wildman–Crippen MR) is 95.5 cm³/mol. The fourth-order valence-electron chi connectivity index (χ4n) is 1.57. The van der Waals surface area contributed by atoms with Crippen molar-refractivity contribution < 1.29 is 4.42 Å². The zero-order valence-corrected chi connectivity index (χ0v) is 14.2. The van der Waals surface area contributed by atoms with E-state index in [2.05, 4.69) is 21.9 Å². The van der Waals surface area contributed by atoms with Crippen molar-refractivity contribution in [1.29, 1.82) is 0 Å². The zero-order valence-electron chi connectivity index (χ0n) is 11.9. The highest BCUT2D eigenvalue weighted by atomic mass is 127. The number of oxazole rings is 1. The average Bonchev–Trinajstić information content (AvgIpc) is 2.93. The van der Waals surface area contributed by atoms with Gasteiger partial charge in [-0.3, -0.25) is 0 Å². The standard InChI is InChI=1S/C15H18N4O.HI/c1-11(2)8-18-15(16)19-10-14-17-9-13(20-14)12-6-4-3-5-7-12;/h3-7,9H,1,8,10H2,2H3,(H3,16,18,19);1H. The molecule has 0 bridgehead atoms. The van der Waals surface area contributed by atoms with E-state index in [1.165, 1.54) is 0 Å². The van der Waals surface area contributed by atoms with Gasteiger partial charge in [0, 0.05) is 12.1 Å². The molecule has 1 heterocycles. The predicted octanol–water partition coefficient (Wildman–Crippen LogP) is 2.94. The number of aromatic nitrogens is 1. The third-order valence-corrected chi connectivity index (χ3v) is 2.57. The number of halogens is 1. The first-order chi connectivity index (χ1) is 9.65. The molecular formula is C15H19IN4O. The van der Waals surface area contributed by atoms with Gasteiger partial charge in [0.25, 0.3) is 0 Å². The lowest BCUT2D eigenvalue weighted by atomic mass is 10.2. The molecule has 1 aromatic heterocycles. The number of nitrogens with zero attached hydrogens (tertiary/aromatic N) is 2. The Bertz CT molecular complexity index is 607. The molecule has 21 heavy (non-hydrogen) atoms. The molecule has 6 heteroatoms. The summed E-state index contributed by atoms with van der Waals surface area (Å²) in [6.45, 7) is 6.61. The van der Waals surface area contributed by atoms with E-state index >= 15 is 0 Å². The first kappa shape index (κ1) is 17.2. The van der Waals surface area contributed by atoms with Crippen molar-refractivity contribution in [1.82, 2.24) is 10.3 Å². The van der Waals surface area contributed by atoms with Crippen LogP contribution in [0.3, 0.4) is 0 Å². The van der Waals surface area contributed by atoms with E-state index in [4.69, 9.17) is 10.2 Å². The van der Waals surface area contributed by atoms with Gasteiger partial charge >= 0.3 is 0 Å². The van der Waals surface area contributed by atoms with E-state index in [0.29, 0.717) is 24.9 Å². The summed E-state index contributed by atoms with van der Waals surface area (Å²) in [6, 6.07) is 9.80. The molecule has 0 radical (unpaired) electrons. The van der Waals surface area contributed by atoms with Crippen LogP contribution in [0.25, 0.3) is 11.3 Å². The number of benzene rings is 1. The maximum Gasteiger partial charge on any atom is 0.216 e. The van der Waals surface area contributed by atoms with Gasteiger partial charge in [0.1, 0.15) is 6.54 Å². The minimum absolute atomic E-state index is 0. The maximum absolute atomic E-state index is 5.72. The molecule has 0 fully saturated rings. The lowest BCUT2D eigenvalue weighted by molar-refractivity contribution is 0.509. The van der Waals surface area contributed by atoms with E-state index < -0.39 is 0 Å². The molecule has 0 amide bonds. The largest absolute Gasteiger partial charge is 0.439 e. The van der Waals surface area contributed by atoms with Crippen LogP contribution in [0.15, 0.2) is 58.1 Å². The van der Waals surface area contributed by atoms with E-state index in [1.807, 2.05) is 37.3 Å². The third-order valence-electron chi connectivity index (χ3n) is 2.57. The lowest BCUT2D eigenvalue weighted by Gasteiger charge is -2.03. The molecule has 0 unspecified atom stereocenters. The summed E-state index contributed by atoms with van der Waals surface area (Å²) in [5.41, 5.74) is 7.70. The normalized spacial score (nSPS) is 10.8. The Morgan fingerprint density at radius 2 is 2.10 bits per heavy atom. The van der Waals surface area contributed by atoms with Crippen LogP contribution < -0.4 is 11.1 Å². The molecule has 0 spiro atoms. The Hall–Kier alpha value is -1.83. The molecule has 2 aromatic rings. The van der Waals surface area contributed by atoms with Crippen LogP contribution in [0.4, 0.5) is 0 Å². The summed E-state index contributed by atoms with van der Waals surface area (Å²) < 4.78 is 5.63. The van der Waals surface area contributed by atoms with Crippen molar-refractivity contribution in [2.75, 3.05) is 6.54 Å². The summed E-state index contributed by atoms with van der Waals surface area (Å²) in [7, 11) is 0. The number of nitrogens with two attached hydrogens (primary N) is 1. The van der Waals surface area contributed by atoms with Crippen LogP contribution in [0, 0.1) is 0 Å². The van der Waals surface area contributed by atoms with Crippen molar-refractivity contribution >= 4 is 29.9 Å². The van der Waals surface area contributed by atoms with Crippen molar-refractivity contribution in [3.63, 3.8) is 0 Å². The number of guanidine groups is 1.